The van der Waals surface area contributed by atoms with Crippen LogP contribution in [0, 0.1) is 6.92 Å². The van der Waals surface area contributed by atoms with Crippen molar-refractivity contribution in [2.24, 2.45) is 0 Å². The number of piperazine rings is 1. The smallest absolute Gasteiger partial charge is 0.254 e. The number of nitrogens with zero attached hydrogens (tertiary/aromatic N) is 3. The lowest BCUT2D eigenvalue weighted by molar-refractivity contribution is 0.0672. The summed E-state index contributed by atoms with van der Waals surface area (Å²) in [7, 11) is -1.61. The predicted molar refractivity (Wildman–Crippen MR) is 176 cm³/mol. The third kappa shape index (κ3) is 7.85. The summed E-state index contributed by atoms with van der Waals surface area (Å²) in [5.74, 6) is -0.478. The van der Waals surface area contributed by atoms with Crippen molar-refractivity contribution in [3.05, 3.63) is 131 Å². The fourth-order valence-electron chi connectivity index (χ4n) is 5.63. The maximum Gasteiger partial charge on any atom is 0.254 e. The molecule has 2 aliphatic carbocycles. The molecule has 5 rings (SSSR count). The molecule has 1 atom stereocenters. The second-order valence-corrected chi connectivity index (χ2v) is 13.7. The minimum absolute atomic E-state index is 0.0495. The summed E-state index contributed by atoms with van der Waals surface area (Å²) in [4.78, 5) is 32.7. The number of sulfone groups is 1. The second-order valence-electron chi connectivity index (χ2n) is 11.6. The van der Waals surface area contributed by atoms with E-state index < -0.39 is 9.84 Å². The highest BCUT2D eigenvalue weighted by molar-refractivity contribution is 7.90. The fraction of sp³-hybridized carbons (Fsp3) is 0.278. The Labute approximate surface area is 264 Å². The normalized spacial score (nSPS) is 18.7. The number of likely N-dealkylation sites (N-methyl/N-ethyl adjacent to an activating group) is 1. The number of hydrogen-bond acceptors (Lipinski definition) is 6. The minimum atomic E-state index is -3.55. The van der Waals surface area contributed by atoms with E-state index in [4.69, 9.17) is 0 Å². The van der Waals surface area contributed by atoms with Crippen molar-refractivity contribution in [2.75, 3.05) is 46.0 Å². The highest BCUT2D eigenvalue weighted by Gasteiger charge is 2.27. The van der Waals surface area contributed by atoms with Crippen LogP contribution in [0.1, 0.15) is 38.3 Å². The Morgan fingerprint density at radius 1 is 0.978 bits per heavy atom. The molecule has 0 radical (unpaired) electrons. The Balaban J connectivity index is 1.26. The molecule has 0 N–H and O–H groups in total. The highest BCUT2D eigenvalue weighted by Crippen LogP contribution is 2.28. The second kappa shape index (κ2) is 13.7. The van der Waals surface area contributed by atoms with Crippen molar-refractivity contribution < 1.29 is 22.4 Å². The molecule has 234 valence electrons. The Morgan fingerprint density at radius 2 is 1.76 bits per heavy atom. The lowest BCUT2D eigenvalue weighted by Crippen LogP contribution is -2.48. The summed E-state index contributed by atoms with van der Waals surface area (Å²) >= 11 is 0. The van der Waals surface area contributed by atoms with E-state index in [1.165, 1.54) is 18.2 Å². The quantitative estimate of drug-likeness (QED) is 0.358. The highest BCUT2D eigenvalue weighted by atomic mass is 32.2. The van der Waals surface area contributed by atoms with Crippen molar-refractivity contribution in [3.63, 3.8) is 0 Å². The van der Waals surface area contributed by atoms with Crippen molar-refractivity contribution in [3.8, 4) is 0 Å². The van der Waals surface area contributed by atoms with Crippen molar-refractivity contribution in [2.45, 2.75) is 24.3 Å². The molecule has 2 aromatic carbocycles. The minimum Gasteiger partial charge on any atom is -0.368 e. The summed E-state index contributed by atoms with van der Waals surface area (Å²) in [5, 5.41) is 0. The summed E-state index contributed by atoms with van der Waals surface area (Å²) in [5.41, 5.74) is 4.26. The van der Waals surface area contributed by atoms with Gasteiger partial charge in [-0.3, -0.25) is 14.5 Å². The number of carbonyl (C=O) groups excluding carboxylic acids is 2. The average Bonchev–Trinajstić information content (AvgIpc) is 3.41. The molecule has 1 aliphatic heterocycles. The molecule has 0 bridgehead atoms. The maximum absolute atomic E-state index is 13.9. The number of carbonyl (C=O) groups is 2. The van der Waals surface area contributed by atoms with Gasteiger partial charge in [-0.2, -0.15) is 0 Å². The number of ketones is 1. The third-order valence-electron chi connectivity index (χ3n) is 8.23. The van der Waals surface area contributed by atoms with Gasteiger partial charge in [-0.05, 0) is 61.5 Å². The van der Waals surface area contributed by atoms with Crippen LogP contribution in [-0.2, 0) is 9.84 Å². The largest absolute Gasteiger partial charge is 0.368 e. The lowest BCUT2D eigenvalue weighted by atomic mass is 9.97. The monoisotopic (exact) mass is 627 g/mol. The summed E-state index contributed by atoms with van der Waals surface area (Å²) in [6.45, 7) is 4.36. The van der Waals surface area contributed by atoms with Crippen LogP contribution in [0.25, 0.3) is 5.57 Å². The Morgan fingerprint density at radius 3 is 2.49 bits per heavy atom. The van der Waals surface area contributed by atoms with Crippen LogP contribution in [0.2, 0.25) is 0 Å². The molecule has 1 saturated heterocycles. The van der Waals surface area contributed by atoms with Gasteiger partial charge in [0, 0.05) is 61.7 Å². The van der Waals surface area contributed by atoms with Gasteiger partial charge in [0.2, 0.25) is 0 Å². The average molecular weight is 628 g/mol. The van der Waals surface area contributed by atoms with Gasteiger partial charge in [-0.15, -0.1) is 0 Å². The summed E-state index contributed by atoms with van der Waals surface area (Å²) in [6.07, 6.45) is 17.9. The number of allylic oxidation sites excluding steroid dienone is 9. The van der Waals surface area contributed by atoms with E-state index in [1.807, 2.05) is 55.3 Å². The van der Waals surface area contributed by atoms with Crippen molar-refractivity contribution in [1.82, 2.24) is 14.7 Å². The van der Waals surface area contributed by atoms with Crippen molar-refractivity contribution in [1.29, 1.82) is 0 Å². The third-order valence-corrected chi connectivity index (χ3v) is 9.34. The van der Waals surface area contributed by atoms with Gasteiger partial charge in [-0.25, -0.2) is 12.8 Å². The van der Waals surface area contributed by atoms with E-state index in [2.05, 4.69) is 23.1 Å². The van der Waals surface area contributed by atoms with Crippen LogP contribution in [0.15, 0.2) is 114 Å². The van der Waals surface area contributed by atoms with Gasteiger partial charge in [-0.1, -0.05) is 66.3 Å². The topological polar surface area (TPSA) is 78.0 Å². The first-order chi connectivity index (χ1) is 21.5. The lowest BCUT2D eigenvalue weighted by Gasteiger charge is -2.37. The summed E-state index contributed by atoms with van der Waals surface area (Å²) < 4.78 is 38.6. The first-order valence-electron chi connectivity index (χ1n) is 15.0. The van der Waals surface area contributed by atoms with E-state index in [-0.39, 0.29) is 40.4 Å². The Hall–Kier alpha value is -4.34. The van der Waals surface area contributed by atoms with Crippen LogP contribution < -0.4 is 0 Å². The molecular weight excluding hydrogens is 589 g/mol. The standard InChI is InChI=1S/C36H38FN3O4S/c1-26-7-4-9-28(23-26)35(41)25-38(2)30-11-6-12-31(16-15-30)39-19-21-40(22-20-39)36(42)34-24-32(45(3,43)44)17-18-33(34)27-8-5-10-29(37)14-13-27/h4-9,11-18,23-24,30H,10,19-22,25H2,1-3H3. The molecule has 1 heterocycles. The molecule has 9 heteroatoms. The van der Waals surface area contributed by atoms with Crippen LogP contribution in [-0.4, -0.2) is 86.9 Å². The van der Waals surface area contributed by atoms with Gasteiger partial charge in [0.15, 0.2) is 15.6 Å². The first kappa shape index (κ1) is 32.1. The number of halogens is 1. The zero-order chi connectivity index (χ0) is 32.1. The molecule has 7 nitrogen and oxygen atoms in total. The van der Waals surface area contributed by atoms with Gasteiger partial charge in [0.1, 0.15) is 5.83 Å². The molecular formula is C36H38FN3O4S. The molecule has 1 amide bonds. The zero-order valence-electron chi connectivity index (χ0n) is 25.8. The Bertz CT molecular complexity index is 1780. The number of amides is 1. The molecule has 0 aromatic heterocycles. The van der Waals surface area contributed by atoms with Crippen LogP contribution in [0.5, 0.6) is 0 Å². The van der Waals surface area contributed by atoms with Gasteiger partial charge >= 0.3 is 0 Å². The number of hydrogen-bond donors (Lipinski definition) is 0. The number of Topliss-reactive ketones (excluding diaryl/α,β-unsaturated/α-hetero) is 1. The number of benzene rings is 2. The summed E-state index contributed by atoms with van der Waals surface area (Å²) in [6, 6.07) is 12.1. The van der Waals surface area contributed by atoms with Gasteiger partial charge in [0.25, 0.3) is 5.91 Å². The van der Waals surface area contributed by atoms with E-state index >= 15 is 0 Å². The fourth-order valence-corrected chi connectivity index (χ4v) is 6.28. The van der Waals surface area contributed by atoms with Crippen LogP contribution in [0.4, 0.5) is 4.39 Å². The molecule has 2 aromatic rings. The maximum atomic E-state index is 13.9. The van der Waals surface area contributed by atoms with E-state index in [1.54, 1.807) is 29.2 Å². The van der Waals surface area contributed by atoms with Crippen LogP contribution >= 0.6 is 0 Å². The molecule has 45 heavy (non-hydrogen) atoms. The van der Waals surface area contributed by atoms with Crippen molar-refractivity contribution >= 4 is 27.1 Å². The SMILES string of the molecule is Cc1cccc(C(=O)CN(C)C2C=CC=C(N3CCN(C(=O)c4cc(S(C)(=O)=O)ccc4C4=CC=C(F)CC=C4)CC3)C=C2)c1. The molecule has 0 spiro atoms. The number of rotatable bonds is 8. The van der Waals surface area contributed by atoms with Gasteiger partial charge < -0.3 is 9.80 Å². The molecule has 3 aliphatic rings. The molecule has 0 saturated carbocycles. The van der Waals surface area contributed by atoms with E-state index in [0.29, 0.717) is 49.4 Å². The number of aryl methyl sites for hydroxylation is 1. The van der Waals surface area contributed by atoms with Gasteiger partial charge in [0.05, 0.1) is 11.4 Å². The zero-order valence-corrected chi connectivity index (χ0v) is 26.6. The Kier molecular flexibility index (Phi) is 9.80. The van der Waals surface area contributed by atoms with E-state index in [0.717, 1.165) is 17.5 Å². The molecule has 1 unspecified atom stereocenters. The van der Waals surface area contributed by atoms with E-state index in [9.17, 15) is 22.4 Å². The molecule has 1 fully saturated rings. The first-order valence-corrected chi connectivity index (χ1v) is 16.9. The van der Waals surface area contributed by atoms with Crippen LogP contribution in [0.3, 0.4) is 0 Å². The predicted octanol–water partition coefficient (Wildman–Crippen LogP) is 5.55.